The summed E-state index contributed by atoms with van der Waals surface area (Å²) in [5, 5.41) is 1.73. The molecule has 0 radical (unpaired) electrons. The quantitative estimate of drug-likeness (QED) is 0.526. The van der Waals surface area contributed by atoms with Crippen LogP contribution in [0, 0.1) is 5.82 Å². The van der Waals surface area contributed by atoms with Crippen LogP contribution in [0.25, 0.3) is 11.0 Å². The van der Waals surface area contributed by atoms with Crippen LogP contribution in [0.3, 0.4) is 0 Å². The predicted octanol–water partition coefficient (Wildman–Crippen LogP) is 4.35. The maximum absolute atomic E-state index is 13.3. The number of H-pyrrole nitrogens is 1. The third-order valence-corrected chi connectivity index (χ3v) is 6.20. The molecule has 1 fully saturated rings. The smallest absolute Gasteiger partial charge is 0.285 e. The van der Waals surface area contributed by atoms with Crippen molar-refractivity contribution >= 4 is 39.9 Å². The number of benzene rings is 1. The summed E-state index contributed by atoms with van der Waals surface area (Å²) >= 11 is 12.5. The zero-order chi connectivity index (χ0) is 21.8. The van der Waals surface area contributed by atoms with Gasteiger partial charge in [-0.05, 0) is 43.7 Å². The van der Waals surface area contributed by atoms with Gasteiger partial charge in [-0.1, -0.05) is 29.3 Å². The molecule has 6 nitrogen and oxygen atoms in total. The minimum Gasteiger partial charge on any atom is -0.478 e. The van der Waals surface area contributed by atoms with Crippen LogP contribution in [0.1, 0.15) is 12.8 Å². The molecule has 1 aliphatic rings. The lowest BCUT2D eigenvalue weighted by Crippen LogP contribution is -2.46. The van der Waals surface area contributed by atoms with E-state index in [0.29, 0.717) is 33.6 Å². The van der Waals surface area contributed by atoms with Crippen LogP contribution in [0.15, 0.2) is 41.2 Å². The van der Waals surface area contributed by atoms with Crippen molar-refractivity contribution in [2.75, 3.05) is 44.2 Å². The highest BCUT2D eigenvalue weighted by Crippen LogP contribution is 2.32. The van der Waals surface area contributed by atoms with Crippen LogP contribution < -0.4 is 15.2 Å². The number of aromatic amines is 1. The van der Waals surface area contributed by atoms with Crippen molar-refractivity contribution in [3.8, 4) is 5.88 Å². The molecule has 0 bridgehead atoms. The standard InChI is InChI=1S/C22H23Cl2FN4O2/c23-16-4-3-5-18(20(16)24)29-11-9-28(10-12-29)8-1-2-13-31-19-7-6-15-14-17(25)22(30)27-21(15)26-19/h3-7,14H,1-2,8-13H2,(H,26,27,30). The Balaban J connectivity index is 1.19. The number of nitrogens with one attached hydrogen (secondary N) is 1. The van der Waals surface area contributed by atoms with E-state index in [4.69, 9.17) is 27.9 Å². The highest BCUT2D eigenvalue weighted by atomic mass is 35.5. The molecule has 1 saturated heterocycles. The van der Waals surface area contributed by atoms with Crippen LogP contribution in [0.4, 0.5) is 10.1 Å². The van der Waals surface area contributed by atoms with Crippen LogP contribution in [0.5, 0.6) is 5.88 Å². The molecule has 3 heterocycles. The summed E-state index contributed by atoms with van der Waals surface area (Å²) < 4.78 is 19.0. The first-order chi connectivity index (χ1) is 15.0. The molecule has 3 aromatic rings. The normalized spacial score (nSPS) is 14.9. The molecule has 9 heteroatoms. The molecule has 0 saturated carbocycles. The Morgan fingerprint density at radius 1 is 1.10 bits per heavy atom. The van der Waals surface area contributed by atoms with Crippen molar-refractivity contribution in [3.63, 3.8) is 0 Å². The third kappa shape index (κ3) is 5.29. The van der Waals surface area contributed by atoms with Gasteiger partial charge in [0, 0.05) is 37.6 Å². The second kappa shape index (κ2) is 9.85. The molecule has 0 unspecified atom stereocenters. The Kier molecular flexibility index (Phi) is 6.95. The summed E-state index contributed by atoms with van der Waals surface area (Å²) in [7, 11) is 0. The van der Waals surface area contributed by atoms with Crippen molar-refractivity contribution < 1.29 is 9.13 Å². The van der Waals surface area contributed by atoms with Gasteiger partial charge in [0.25, 0.3) is 5.56 Å². The molecular formula is C22H23Cl2FN4O2. The fraction of sp³-hybridized carbons (Fsp3) is 0.364. The van der Waals surface area contributed by atoms with Gasteiger partial charge < -0.3 is 14.6 Å². The van der Waals surface area contributed by atoms with E-state index in [0.717, 1.165) is 51.3 Å². The van der Waals surface area contributed by atoms with Gasteiger partial charge in [0.15, 0.2) is 5.82 Å². The van der Waals surface area contributed by atoms with E-state index in [-0.39, 0.29) is 0 Å². The second-order valence-corrected chi connectivity index (χ2v) is 8.28. The number of halogens is 3. The molecule has 0 amide bonds. The fourth-order valence-electron chi connectivity index (χ4n) is 3.68. The average molecular weight is 465 g/mol. The largest absolute Gasteiger partial charge is 0.478 e. The summed E-state index contributed by atoms with van der Waals surface area (Å²) in [6, 6.07) is 10.3. The van der Waals surface area contributed by atoms with Crippen molar-refractivity contribution in [2.24, 2.45) is 0 Å². The topological polar surface area (TPSA) is 61.5 Å². The number of hydrogen-bond donors (Lipinski definition) is 1. The Bertz CT molecular complexity index is 1120. The van der Waals surface area contributed by atoms with Gasteiger partial charge in [0.2, 0.25) is 5.88 Å². The summed E-state index contributed by atoms with van der Waals surface area (Å²) in [4.78, 5) is 22.8. The molecule has 0 atom stereocenters. The van der Waals surface area contributed by atoms with E-state index in [1.165, 1.54) is 6.07 Å². The monoisotopic (exact) mass is 464 g/mol. The lowest BCUT2D eigenvalue weighted by molar-refractivity contribution is 0.237. The Hall–Kier alpha value is -2.35. The molecular weight excluding hydrogens is 442 g/mol. The van der Waals surface area contributed by atoms with Gasteiger partial charge in [-0.15, -0.1) is 0 Å². The van der Waals surface area contributed by atoms with Crippen LogP contribution >= 0.6 is 23.2 Å². The zero-order valence-electron chi connectivity index (χ0n) is 16.9. The highest BCUT2D eigenvalue weighted by Gasteiger charge is 2.19. The second-order valence-electron chi connectivity index (χ2n) is 7.49. The molecule has 31 heavy (non-hydrogen) atoms. The molecule has 4 rings (SSSR count). The van der Waals surface area contributed by atoms with Gasteiger partial charge in [-0.25, -0.2) is 4.39 Å². The van der Waals surface area contributed by atoms with Crippen molar-refractivity contribution in [2.45, 2.75) is 12.8 Å². The number of aromatic nitrogens is 2. The first kappa shape index (κ1) is 21.9. The summed E-state index contributed by atoms with van der Waals surface area (Å²) in [5.41, 5.74) is 0.533. The molecule has 0 aliphatic carbocycles. The van der Waals surface area contributed by atoms with Crippen molar-refractivity contribution in [1.82, 2.24) is 14.9 Å². The predicted molar refractivity (Wildman–Crippen MR) is 122 cm³/mol. The first-order valence-corrected chi connectivity index (χ1v) is 11.0. The molecule has 2 aromatic heterocycles. The first-order valence-electron chi connectivity index (χ1n) is 10.2. The van der Waals surface area contributed by atoms with Crippen molar-refractivity contribution in [1.29, 1.82) is 0 Å². The number of fused-ring (bicyclic) bond motifs is 1. The number of hydrogen-bond acceptors (Lipinski definition) is 5. The number of ether oxygens (including phenoxy) is 1. The van der Waals surface area contributed by atoms with Crippen LogP contribution in [0.2, 0.25) is 10.0 Å². The molecule has 0 spiro atoms. The van der Waals surface area contributed by atoms with Gasteiger partial charge in [0.05, 0.1) is 22.3 Å². The minimum absolute atomic E-state index is 0.321. The number of anilines is 1. The minimum atomic E-state index is -0.820. The van der Waals surface area contributed by atoms with E-state index >= 15 is 0 Å². The summed E-state index contributed by atoms with van der Waals surface area (Å²) in [6.45, 7) is 5.30. The average Bonchev–Trinajstić information content (AvgIpc) is 2.77. The van der Waals surface area contributed by atoms with Crippen LogP contribution in [-0.4, -0.2) is 54.2 Å². The summed E-state index contributed by atoms with van der Waals surface area (Å²) in [6.07, 6.45) is 1.90. The zero-order valence-corrected chi connectivity index (χ0v) is 18.4. The van der Waals surface area contributed by atoms with E-state index in [1.54, 1.807) is 18.2 Å². The maximum atomic E-state index is 13.3. The lowest BCUT2D eigenvalue weighted by Gasteiger charge is -2.36. The van der Waals surface area contributed by atoms with Gasteiger partial charge in [-0.2, -0.15) is 4.98 Å². The Morgan fingerprint density at radius 2 is 1.90 bits per heavy atom. The SMILES string of the molecule is O=c1[nH]c2nc(OCCCCN3CCN(c4cccc(Cl)c4Cl)CC3)ccc2cc1F. The summed E-state index contributed by atoms with van der Waals surface area (Å²) in [5.74, 6) is -0.402. The number of nitrogens with zero attached hydrogens (tertiary/aromatic N) is 3. The fourth-order valence-corrected chi connectivity index (χ4v) is 4.10. The maximum Gasteiger partial charge on any atom is 0.285 e. The molecule has 164 valence electrons. The number of unbranched alkanes of at least 4 members (excludes halogenated alkanes) is 1. The molecule has 1 aromatic carbocycles. The number of rotatable bonds is 7. The lowest BCUT2D eigenvalue weighted by atomic mass is 10.2. The number of pyridine rings is 2. The van der Waals surface area contributed by atoms with Crippen LogP contribution in [-0.2, 0) is 0 Å². The van der Waals surface area contributed by atoms with Gasteiger partial charge in [-0.3, -0.25) is 9.69 Å². The van der Waals surface area contributed by atoms with E-state index < -0.39 is 11.4 Å². The Morgan fingerprint density at radius 3 is 2.71 bits per heavy atom. The van der Waals surface area contributed by atoms with E-state index in [1.807, 2.05) is 12.1 Å². The number of piperazine rings is 1. The van der Waals surface area contributed by atoms with E-state index in [2.05, 4.69) is 19.8 Å². The van der Waals surface area contributed by atoms with Gasteiger partial charge in [0.1, 0.15) is 5.65 Å². The highest BCUT2D eigenvalue weighted by molar-refractivity contribution is 6.43. The third-order valence-electron chi connectivity index (χ3n) is 5.39. The van der Waals surface area contributed by atoms with Crippen molar-refractivity contribution in [3.05, 3.63) is 62.6 Å². The molecule has 1 aliphatic heterocycles. The van der Waals surface area contributed by atoms with Gasteiger partial charge >= 0.3 is 0 Å². The Labute approximate surface area is 189 Å². The van der Waals surface area contributed by atoms with E-state index in [9.17, 15) is 9.18 Å². The molecule has 1 N–H and O–H groups in total.